The van der Waals surface area contributed by atoms with Gasteiger partial charge in [0.2, 0.25) is 0 Å². The van der Waals surface area contributed by atoms with Gasteiger partial charge in [-0.15, -0.1) is 0 Å². The molecule has 0 aliphatic rings. The molecule has 0 aromatic carbocycles. The fourth-order valence-corrected chi connectivity index (χ4v) is 7.84. The van der Waals surface area contributed by atoms with Crippen LogP contribution in [-0.4, -0.2) is 37.2 Å². The van der Waals surface area contributed by atoms with Gasteiger partial charge in [0, 0.05) is 19.3 Å². The van der Waals surface area contributed by atoms with Crippen LogP contribution < -0.4 is 0 Å². The van der Waals surface area contributed by atoms with Gasteiger partial charge in [-0.1, -0.05) is 225 Å². The van der Waals surface area contributed by atoms with E-state index in [4.69, 9.17) is 14.2 Å². The maximum atomic E-state index is 12.8. The van der Waals surface area contributed by atoms with Crippen LogP contribution in [0.15, 0.2) is 24.3 Å². The van der Waals surface area contributed by atoms with Crippen molar-refractivity contribution in [2.24, 2.45) is 0 Å². The Kier molecular flexibility index (Phi) is 48.8. The maximum absolute atomic E-state index is 12.8. The Morgan fingerprint density at radius 1 is 0.311 bits per heavy atom. The molecule has 0 amide bonds. The molecule has 0 aromatic heterocycles. The van der Waals surface area contributed by atoms with Crippen molar-refractivity contribution in [2.75, 3.05) is 13.2 Å². The normalized spacial score (nSPS) is 12.1. The highest BCUT2D eigenvalue weighted by molar-refractivity contribution is 5.71. The molecule has 0 aliphatic heterocycles. The summed E-state index contributed by atoms with van der Waals surface area (Å²) in [7, 11) is 0. The standard InChI is InChI=1S/C55H102O6/c1-4-7-10-13-16-19-22-25-27-30-33-36-39-42-45-48-54(57)60-51-52(50-59-53(56)47-44-41-38-35-32-29-24-21-18-15-12-9-6-3)61-55(58)49-46-43-40-37-34-31-28-26-23-20-17-14-11-8-5-2/h21,24-25,27,52H,4-20,22-23,26,28-51H2,1-3H3. The molecule has 0 N–H and O–H groups in total. The van der Waals surface area contributed by atoms with E-state index in [9.17, 15) is 14.4 Å². The molecule has 0 saturated carbocycles. The number of hydrogen-bond donors (Lipinski definition) is 0. The van der Waals surface area contributed by atoms with E-state index in [-0.39, 0.29) is 31.1 Å². The lowest BCUT2D eigenvalue weighted by Gasteiger charge is -2.18. The van der Waals surface area contributed by atoms with Gasteiger partial charge in [0.1, 0.15) is 13.2 Å². The number of rotatable bonds is 49. The third kappa shape index (κ3) is 48.8. The number of carbonyl (C=O) groups excluding carboxylic acids is 3. The number of esters is 3. The van der Waals surface area contributed by atoms with E-state index in [0.29, 0.717) is 19.3 Å². The zero-order valence-electron chi connectivity index (χ0n) is 40.9. The van der Waals surface area contributed by atoms with Crippen LogP contribution in [-0.2, 0) is 28.6 Å². The minimum Gasteiger partial charge on any atom is -0.462 e. The van der Waals surface area contributed by atoms with Gasteiger partial charge in [-0.3, -0.25) is 14.4 Å². The summed E-state index contributed by atoms with van der Waals surface area (Å²) in [6.45, 7) is 6.64. The molecule has 0 radical (unpaired) electrons. The molecule has 0 fully saturated rings. The third-order valence-corrected chi connectivity index (χ3v) is 11.9. The Hall–Kier alpha value is -2.11. The zero-order valence-corrected chi connectivity index (χ0v) is 40.9. The Bertz CT molecular complexity index is 989. The molecular formula is C55H102O6. The number of unbranched alkanes of at least 4 members (excludes halogenated alkanes) is 34. The first-order valence-electron chi connectivity index (χ1n) is 26.8. The van der Waals surface area contributed by atoms with Crippen LogP contribution in [0.25, 0.3) is 0 Å². The first-order chi connectivity index (χ1) is 30.0. The summed E-state index contributed by atoms with van der Waals surface area (Å²) >= 11 is 0. The molecule has 1 atom stereocenters. The van der Waals surface area contributed by atoms with Crippen LogP contribution in [0.1, 0.15) is 290 Å². The van der Waals surface area contributed by atoms with Crippen LogP contribution in [0.3, 0.4) is 0 Å². The average Bonchev–Trinajstić information content (AvgIpc) is 3.26. The Labute approximate surface area is 379 Å². The van der Waals surface area contributed by atoms with E-state index >= 15 is 0 Å². The summed E-state index contributed by atoms with van der Waals surface area (Å²) in [4.78, 5) is 38.0. The summed E-state index contributed by atoms with van der Waals surface area (Å²) in [6.07, 6.45) is 57.3. The molecular weight excluding hydrogens is 757 g/mol. The Morgan fingerprint density at radius 3 is 0.836 bits per heavy atom. The SMILES string of the molecule is CCCCCCC=CCCCCCCCC(=O)OCC(COC(=O)CCCCCCCC=CCCCCCCCC)OC(=O)CCCCCCCCCCCCCCCCC. The first kappa shape index (κ1) is 58.9. The van der Waals surface area contributed by atoms with E-state index < -0.39 is 6.10 Å². The lowest BCUT2D eigenvalue weighted by Crippen LogP contribution is -2.30. The molecule has 358 valence electrons. The van der Waals surface area contributed by atoms with Crippen molar-refractivity contribution < 1.29 is 28.6 Å². The van der Waals surface area contributed by atoms with Gasteiger partial charge in [-0.05, 0) is 70.6 Å². The fourth-order valence-electron chi connectivity index (χ4n) is 7.84. The van der Waals surface area contributed by atoms with Gasteiger partial charge in [0.05, 0.1) is 0 Å². The molecule has 0 bridgehead atoms. The Balaban J connectivity index is 4.36. The molecule has 6 nitrogen and oxygen atoms in total. The van der Waals surface area contributed by atoms with Gasteiger partial charge in [-0.25, -0.2) is 0 Å². The van der Waals surface area contributed by atoms with Crippen molar-refractivity contribution in [3.05, 3.63) is 24.3 Å². The summed E-state index contributed by atoms with van der Waals surface area (Å²) in [5.41, 5.74) is 0. The van der Waals surface area contributed by atoms with Crippen molar-refractivity contribution in [1.82, 2.24) is 0 Å². The van der Waals surface area contributed by atoms with Crippen LogP contribution in [0.5, 0.6) is 0 Å². The molecule has 0 saturated heterocycles. The minimum atomic E-state index is -0.773. The average molecular weight is 859 g/mol. The highest BCUT2D eigenvalue weighted by Gasteiger charge is 2.19. The lowest BCUT2D eigenvalue weighted by molar-refractivity contribution is -0.167. The largest absolute Gasteiger partial charge is 0.462 e. The molecule has 0 heterocycles. The number of hydrogen-bond acceptors (Lipinski definition) is 6. The maximum Gasteiger partial charge on any atom is 0.306 e. The molecule has 1 unspecified atom stereocenters. The van der Waals surface area contributed by atoms with Crippen molar-refractivity contribution in [3.63, 3.8) is 0 Å². The summed E-state index contributed by atoms with van der Waals surface area (Å²) < 4.78 is 16.8. The minimum absolute atomic E-state index is 0.0744. The quantitative estimate of drug-likeness (QED) is 0.0262. The smallest absolute Gasteiger partial charge is 0.306 e. The van der Waals surface area contributed by atoms with Crippen molar-refractivity contribution in [1.29, 1.82) is 0 Å². The van der Waals surface area contributed by atoms with E-state index in [1.165, 1.54) is 180 Å². The third-order valence-electron chi connectivity index (χ3n) is 11.9. The van der Waals surface area contributed by atoms with Crippen LogP contribution in [0, 0.1) is 0 Å². The number of allylic oxidation sites excluding steroid dienone is 4. The lowest BCUT2D eigenvalue weighted by atomic mass is 10.0. The monoisotopic (exact) mass is 859 g/mol. The van der Waals surface area contributed by atoms with E-state index in [1.54, 1.807) is 0 Å². The molecule has 6 heteroatoms. The summed E-state index contributed by atoms with van der Waals surface area (Å²) in [6, 6.07) is 0. The highest BCUT2D eigenvalue weighted by atomic mass is 16.6. The van der Waals surface area contributed by atoms with Crippen LogP contribution >= 0.6 is 0 Å². The highest BCUT2D eigenvalue weighted by Crippen LogP contribution is 2.16. The predicted molar refractivity (Wildman–Crippen MR) is 261 cm³/mol. The number of carbonyl (C=O) groups is 3. The zero-order chi connectivity index (χ0) is 44.4. The van der Waals surface area contributed by atoms with Crippen molar-refractivity contribution in [3.8, 4) is 0 Å². The second kappa shape index (κ2) is 50.5. The van der Waals surface area contributed by atoms with E-state index in [0.717, 1.165) is 70.6 Å². The topological polar surface area (TPSA) is 78.9 Å². The number of ether oxygens (including phenoxy) is 3. The van der Waals surface area contributed by atoms with Gasteiger partial charge in [0.15, 0.2) is 6.10 Å². The van der Waals surface area contributed by atoms with Gasteiger partial charge >= 0.3 is 17.9 Å². The molecule has 0 aromatic rings. The van der Waals surface area contributed by atoms with Crippen LogP contribution in [0.2, 0.25) is 0 Å². The van der Waals surface area contributed by atoms with Crippen LogP contribution in [0.4, 0.5) is 0 Å². The summed E-state index contributed by atoms with van der Waals surface area (Å²) in [5.74, 6) is -0.876. The molecule has 61 heavy (non-hydrogen) atoms. The fraction of sp³-hybridized carbons (Fsp3) is 0.873. The second-order valence-electron chi connectivity index (χ2n) is 18.1. The van der Waals surface area contributed by atoms with Crippen molar-refractivity contribution >= 4 is 17.9 Å². The predicted octanol–water partition coefficient (Wildman–Crippen LogP) is 17.5. The summed E-state index contributed by atoms with van der Waals surface area (Å²) in [5, 5.41) is 0. The first-order valence-corrected chi connectivity index (χ1v) is 26.8. The Morgan fingerprint density at radius 2 is 0.541 bits per heavy atom. The van der Waals surface area contributed by atoms with Crippen molar-refractivity contribution in [2.45, 2.75) is 297 Å². The molecule has 0 spiro atoms. The second-order valence-corrected chi connectivity index (χ2v) is 18.1. The van der Waals surface area contributed by atoms with Gasteiger partial charge in [0.25, 0.3) is 0 Å². The van der Waals surface area contributed by atoms with E-state index in [1.807, 2.05) is 0 Å². The van der Waals surface area contributed by atoms with Gasteiger partial charge in [-0.2, -0.15) is 0 Å². The molecule has 0 aliphatic carbocycles. The van der Waals surface area contributed by atoms with E-state index in [2.05, 4.69) is 45.1 Å². The van der Waals surface area contributed by atoms with Gasteiger partial charge < -0.3 is 14.2 Å². The molecule has 0 rings (SSSR count).